The molecule has 2 heterocycles. The second-order valence-electron chi connectivity index (χ2n) is 6.11. The Labute approximate surface area is 136 Å². The zero-order valence-electron chi connectivity index (χ0n) is 13.2. The van der Waals surface area contributed by atoms with Crippen LogP contribution in [0.5, 0.6) is 0 Å². The van der Waals surface area contributed by atoms with Crippen LogP contribution in [0.1, 0.15) is 36.5 Å². The molecule has 6 nitrogen and oxygen atoms in total. The third-order valence-corrected chi connectivity index (χ3v) is 6.25. The SMILES string of the molecule is C[C@H](NC(=O)c1cccc(N2CCCS2(=O)=O)c1)[C@H]1CCCO1. The van der Waals surface area contributed by atoms with E-state index >= 15 is 0 Å². The van der Waals surface area contributed by atoms with Gasteiger partial charge in [0.2, 0.25) is 10.0 Å². The van der Waals surface area contributed by atoms with E-state index in [4.69, 9.17) is 4.74 Å². The number of anilines is 1. The fraction of sp³-hybridized carbons (Fsp3) is 0.562. The molecule has 0 radical (unpaired) electrons. The number of hydrogen-bond acceptors (Lipinski definition) is 4. The van der Waals surface area contributed by atoms with Crippen LogP contribution in [0.2, 0.25) is 0 Å². The molecule has 1 amide bonds. The summed E-state index contributed by atoms with van der Waals surface area (Å²) in [5, 5.41) is 2.94. The lowest BCUT2D eigenvalue weighted by atomic mass is 10.1. The quantitative estimate of drug-likeness (QED) is 0.903. The number of rotatable bonds is 4. The molecule has 0 unspecified atom stereocenters. The number of nitrogens with zero attached hydrogens (tertiary/aromatic N) is 1. The van der Waals surface area contributed by atoms with Crippen molar-refractivity contribution in [3.8, 4) is 0 Å². The Morgan fingerprint density at radius 2 is 2.22 bits per heavy atom. The highest BCUT2D eigenvalue weighted by atomic mass is 32.2. The van der Waals surface area contributed by atoms with Gasteiger partial charge in [0.25, 0.3) is 5.91 Å². The Bertz CT molecular complexity index is 683. The van der Waals surface area contributed by atoms with Crippen molar-refractivity contribution in [2.45, 2.75) is 38.3 Å². The monoisotopic (exact) mass is 338 g/mol. The maximum absolute atomic E-state index is 12.4. The minimum Gasteiger partial charge on any atom is -0.376 e. The summed E-state index contributed by atoms with van der Waals surface area (Å²) >= 11 is 0. The molecule has 0 bridgehead atoms. The summed E-state index contributed by atoms with van der Waals surface area (Å²) in [6.07, 6.45) is 2.65. The number of amides is 1. The number of carbonyl (C=O) groups is 1. The summed E-state index contributed by atoms with van der Waals surface area (Å²) in [4.78, 5) is 12.4. The van der Waals surface area contributed by atoms with Gasteiger partial charge in [0.15, 0.2) is 0 Å². The lowest BCUT2D eigenvalue weighted by Gasteiger charge is -2.21. The Balaban J connectivity index is 1.73. The molecular weight excluding hydrogens is 316 g/mol. The lowest BCUT2D eigenvalue weighted by Crippen LogP contribution is -2.40. The summed E-state index contributed by atoms with van der Waals surface area (Å²) in [5.74, 6) is -0.0362. The van der Waals surface area contributed by atoms with Gasteiger partial charge in [0, 0.05) is 18.7 Å². The highest BCUT2D eigenvalue weighted by molar-refractivity contribution is 7.93. The minimum atomic E-state index is -3.24. The second-order valence-corrected chi connectivity index (χ2v) is 8.12. The Kier molecular flexibility index (Phi) is 4.59. The van der Waals surface area contributed by atoms with Crippen LogP contribution < -0.4 is 9.62 Å². The predicted molar refractivity (Wildman–Crippen MR) is 88.1 cm³/mol. The average Bonchev–Trinajstić information content (AvgIpc) is 3.16. The highest BCUT2D eigenvalue weighted by Gasteiger charge is 2.29. The van der Waals surface area contributed by atoms with E-state index in [1.54, 1.807) is 24.3 Å². The van der Waals surface area contributed by atoms with Crippen LogP contribution in [0.25, 0.3) is 0 Å². The number of sulfonamides is 1. The minimum absolute atomic E-state index is 0.0566. The maximum Gasteiger partial charge on any atom is 0.251 e. The largest absolute Gasteiger partial charge is 0.376 e. The topological polar surface area (TPSA) is 75.7 Å². The molecule has 2 fully saturated rings. The van der Waals surface area contributed by atoms with Crippen molar-refractivity contribution in [1.29, 1.82) is 0 Å². The van der Waals surface area contributed by atoms with Gasteiger partial charge in [-0.15, -0.1) is 0 Å². The molecule has 2 aliphatic heterocycles. The van der Waals surface area contributed by atoms with E-state index in [0.29, 0.717) is 24.2 Å². The molecule has 0 aliphatic carbocycles. The van der Waals surface area contributed by atoms with Gasteiger partial charge in [-0.25, -0.2) is 8.42 Å². The van der Waals surface area contributed by atoms with Crippen LogP contribution in [-0.2, 0) is 14.8 Å². The molecule has 3 rings (SSSR count). The molecule has 1 aromatic carbocycles. The van der Waals surface area contributed by atoms with Gasteiger partial charge in [-0.1, -0.05) is 6.07 Å². The van der Waals surface area contributed by atoms with E-state index < -0.39 is 10.0 Å². The molecule has 2 atom stereocenters. The highest BCUT2D eigenvalue weighted by Crippen LogP contribution is 2.25. The molecule has 0 saturated carbocycles. The van der Waals surface area contributed by atoms with Crippen molar-refractivity contribution in [2.75, 3.05) is 23.2 Å². The molecular formula is C16H22N2O4S. The molecule has 23 heavy (non-hydrogen) atoms. The van der Waals surface area contributed by atoms with E-state index in [9.17, 15) is 13.2 Å². The average molecular weight is 338 g/mol. The first-order chi connectivity index (χ1) is 11.0. The second kappa shape index (κ2) is 6.49. The third kappa shape index (κ3) is 3.50. The molecule has 2 saturated heterocycles. The molecule has 1 N–H and O–H groups in total. The van der Waals surface area contributed by atoms with Crippen LogP contribution in [0.3, 0.4) is 0 Å². The van der Waals surface area contributed by atoms with Gasteiger partial charge in [0.05, 0.1) is 23.6 Å². The zero-order valence-corrected chi connectivity index (χ0v) is 14.0. The first-order valence-electron chi connectivity index (χ1n) is 8.00. The van der Waals surface area contributed by atoms with E-state index in [1.807, 2.05) is 6.92 Å². The van der Waals surface area contributed by atoms with Crippen molar-refractivity contribution < 1.29 is 17.9 Å². The first-order valence-corrected chi connectivity index (χ1v) is 9.61. The van der Waals surface area contributed by atoms with Gasteiger partial charge in [0.1, 0.15) is 0 Å². The number of nitrogens with one attached hydrogen (secondary N) is 1. The van der Waals surface area contributed by atoms with E-state index in [1.165, 1.54) is 4.31 Å². The maximum atomic E-state index is 12.4. The molecule has 0 spiro atoms. The Morgan fingerprint density at radius 1 is 1.39 bits per heavy atom. The third-order valence-electron chi connectivity index (χ3n) is 4.38. The number of ether oxygens (including phenoxy) is 1. The van der Waals surface area contributed by atoms with Crippen molar-refractivity contribution >= 4 is 21.6 Å². The number of benzene rings is 1. The van der Waals surface area contributed by atoms with Crippen molar-refractivity contribution in [3.63, 3.8) is 0 Å². The Hall–Kier alpha value is -1.60. The zero-order chi connectivity index (χ0) is 16.4. The summed E-state index contributed by atoms with van der Waals surface area (Å²) in [6, 6.07) is 6.71. The van der Waals surface area contributed by atoms with Gasteiger partial charge in [-0.05, 0) is 44.4 Å². The molecule has 7 heteroatoms. The fourth-order valence-corrected chi connectivity index (χ4v) is 4.67. The predicted octanol–water partition coefficient (Wildman–Crippen LogP) is 1.52. The number of carbonyl (C=O) groups excluding carboxylic acids is 1. The van der Waals surface area contributed by atoms with Gasteiger partial charge in [-0.2, -0.15) is 0 Å². The molecule has 1 aromatic rings. The smallest absolute Gasteiger partial charge is 0.251 e. The van der Waals surface area contributed by atoms with Gasteiger partial charge in [-0.3, -0.25) is 9.10 Å². The van der Waals surface area contributed by atoms with Crippen LogP contribution in [0, 0.1) is 0 Å². The molecule has 2 aliphatic rings. The summed E-state index contributed by atoms with van der Waals surface area (Å²) < 4.78 is 31.0. The van der Waals surface area contributed by atoms with Gasteiger partial charge < -0.3 is 10.1 Å². The number of hydrogen-bond donors (Lipinski definition) is 1. The normalized spacial score (nSPS) is 24.6. The summed E-state index contributed by atoms with van der Waals surface area (Å²) in [7, 11) is -3.24. The first kappa shape index (κ1) is 16.3. The summed E-state index contributed by atoms with van der Waals surface area (Å²) in [6.45, 7) is 3.15. The van der Waals surface area contributed by atoms with E-state index in [0.717, 1.165) is 19.4 Å². The van der Waals surface area contributed by atoms with Crippen LogP contribution in [0.4, 0.5) is 5.69 Å². The lowest BCUT2D eigenvalue weighted by molar-refractivity contribution is 0.0712. The van der Waals surface area contributed by atoms with E-state index in [2.05, 4.69) is 5.32 Å². The van der Waals surface area contributed by atoms with Crippen LogP contribution >= 0.6 is 0 Å². The van der Waals surface area contributed by atoms with Crippen molar-refractivity contribution in [1.82, 2.24) is 5.32 Å². The Morgan fingerprint density at radius 3 is 2.87 bits per heavy atom. The van der Waals surface area contributed by atoms with Crippen LogP contribution in [0.15, 0.2) is 24.3 Å². The fourth-order valence-electron chi connectivity index (χ4n) is 3.11. The van der Waals surface area contributed by atoms with Crippen LogP contribution in [-0.4, -0.2) is 45.4 Å². The van der Waals surface area contributed by atoms with Crippen molar-refractivity contribution in [2.24, 2.45) is 0 Å². The van der Waals surface area contributed by atoms with Crippen molar-refractivity contribution in [3.05, 3.63) is 29.8 Å². The van der Waals surface area contributed by atoms with E-state index in [-0.39, 0.29) is 23.8 Å². The standard InChI is InChI=1S/C16H22N2O4S/c1-12(15-7-3-9-22-15)17-16(19)13-5-2-6-14(11-13)18-8-4-10-23(18,20)21/h2,5-6,11-12,15H,3-4,7-10H2,1H3,(H,17,19)/t12-,15+/m0/s1. The van der Waals surface area contributed by atoms with Gasteiger partial charge >= 0.3 is 0 Å². The molecule has 0 aromatic heterocycles. The summed E-state index contributed by atoms with van der Waals surface area (Å²) in [5.41, 5.74) is 1.02. The molecule has 126 valence electrons.